The second kappa shape index (κ2) is 7.94. The normalized spacial score (nSPS) is 22.0. The lowest BCUT2D eigenvalue weighted by Crippen LogP contribution is -2.50. The molecule has 2 fully saturated rings. The Morgan fingerprint density at radius 3 is 2.54 bits per heavy atom. The lowest BCUT2D eigenvalue weighted by molar-refractivity contribution is -0.127. The molecule has 2 N–H and O–H groups in total. The minimum Gasteiger partial charge on any atom is -0.369 e. The first-order valence-corrected chi connectivity index (χ1v) is 10.8. The van der Waals surface area contributed by atoms with Gasteiger partial charge in [-0.05, 0) is 43.5 Å². The number of nitrogens with two attached hydrogens (primary N) is 1. The Balaban J connectivity index is 1.55. The fraction of sp³-hybridized carbons (Fsp3) is 0.611. The van der Waals surface area contributed by atoms with Gasteiger partial charge >= 0.3 is 0 Å². The van der Waals surface area contributed by atoms with E-state index >= 15 is 0 Å². The number of anilines is 1. The zero-order valence-electron chi connectivity index (χ0n) is 15.3. The van der Waals surface area contributed by atoms with E-state index in [2.05, 4.69) is 11.0 Å². The van der Waals surface area contributed by atoms with Crippen LogP contribution in [-0.4, -0.2) is 75.1 Å². The second-order valence-electron chi connectivity index (χ2n) is 7.21. The Morgan fingerprint density at radius 1 is 1.19 bits per heavy atom. The van der Waals surface area contributed by atoms with E-state index < -0.39 is 15.8 Å². The number of nitrogens with zero attached hydrogens (tertiary/aromatic N) is 3. The Kier molecular flexibility index (Phi) is 5.84. The van der Waals surface area contributed by atoms with Crippen LogP contribution < -0.4 is 10.6 Å². The first-order chi connectivity index (χ1) is 12.4. The molecule has 0 saturated carbocycles. The predicted octanol–water partition coefficient (Wildman–Crippen LogP) is 0.254. The number of likely N-dealkylation sites (tertiary alicyclic amines) is 1. The number of rotatable bonds is 5. The van der Waals surface area contributed by atoms with E-state index in [9.17, 15) is 13.2 Å². The molecule has 1 aromatic carbocycles. The zero-order valence-corrected chi connectivity index (χ0v) is 16.1. The van der Waals surface area contributed by atoms with Crippen LogP contribution in [0.4, 0.5) is 5.69 Å². The lowest BCUT2D eigenvalue weighted by Gasteiger charge is -2.35. The van der Waals surface area contributed by atoms with E-state index in [0.29, 0.717) is 51.7 Å². The van der Waals surface area contributed by atoms with E-state index in [-0.39, 0.29) is 5.91 Å². The van der Waals surface area contributed by atoms with Crippen LogP contribution in [0.25, 0.3) is 0 Å². The minimum absolute atomic E-state index is 0.291. The molecule has 7 nitrogen and oxygen atoms in total. The number of benzene rings is 1. The molecule has 0 aromatic heterocycles. The zero-order chi connectivity index (χ0) is 18.7. The van der Waals surface area contributed by atoms with Crippen molar-refractivity contribution in [2.24, 2.45) is 11.7 Å². The van der Waals surface area contributed by atoms with Crippen molar-refractivity contribution in [2.45, 2.75) is 13.3 Å². The molecule has 26 heavy (non-hydrogen) atoms. The molecule has 0 bridgehead atoms. The molecule has 3 rings (SSSR count). The highest BCUT2D eigenvalue weighted by Crippen LogP contribution is 2.20. The Morgan fingerprint density at radius 2 is 1.92 bits per heavy atom. The van der Waals surface area contributed by atoms with Crippen molar-refractivity contribution in [2.75, 3.05) is 56.5 Å². The number of amides is 1. The molecular formula is C18H28N4O3S. The summed E-state index contributed by atoms with van der Waals surface area (Å²) in [7, 11) is -3.57. The fourth-order valence-corrected chi connectivity index (χ4v) is 5.04. The molecule has 0 aliphatic carbocycles. The SMILES string of the molecule is Cc1cccc(N2CCN(S(=O)(=O)CC(=O)N3CCC(CN)C3)CC2)c1. The number of carbonyl (C=O) groups is 1. The first kappa shape index (κ1) is 19.1. The second-order valence-corrected chi connectivity index (χ2v) is 9.18. The minimum atomic E-state index is -3.57. The van der Waals surface area contributed by atoms with Crippen LogP contribution in [0.5, 0.6) is 0 Å². The number of aryl methyl sites for hydroxylation is 1. The highest BCUT2D eigenvalue weighted by Gasteiger charge is 2.33. The molecule has 144 valence electrons. The van der Waals surface area contributed by atoms with Gasteiger partial charge < -0.3 is 15.5 Å². The fourth-order valence-electron chi connectivity index (χ4n) is 3.64. The number of hydrogen-bond donors (Lipinski definition) is 1. The van der Waals surface area contributed by atoms with Gasteiger partial charge in [0.2, 0.25) is 15.9 Å². The maximum absolute atomic E-state index is 12.6. The van der Waals surface area contributed by atoms with Gasteiger partial charge in [-0.1, -0.05) is 12.1 Å². The van der Waals surface area contributed by atoms with Crippen LogP contribution in [-0.2, 0) is 14.8 Å². The van der Waals surface area contributed by atoms with Gasteiger partial charge in [0.15, 0.2) is 0 Å². The topological polar surface area (TPSA) is 87.0 Å². The van der Waals surface area contributed by atoms with Crippen molar-refractivity contribution in [1.29, 1.82) is 0 Å². The van der Waals surface area contributed by atoms with Gasteiger partial charge in [-0.3, -0.25) is 4.79 Å². The molecule has 2 heterocycles. The number of hydrogen-bond acceptors (Lipinski definition) is 5. The summed E-state index contributed by atoms with van der Waals surface area (Å²) in [4.78, 5) is 16.2. The quantitative estimate of drug-likeness (QED) is 0.791. The van der Waals surface area contributed by atoms with Crippen LogP contribution in [0.15, 0.2) is 24.3 Å². The van der Waals surface area contributed by atoms with Crippen LogP contribution >= 0.6 is 0 Å². The van der Waals surface area contributed by atoms with Crippen molar-refractivity contribution in [3.8, 4) is 0 Å². The van der Waals surface area contributed by atoms with Crippen molar-refractivity contribution >= 4 is 21.6 Å². The van der Waals surface area contributed by atoms with E-state index in [1.54, 1.807) is 4.90 Å². The lowest BCUT2D eigenvalue weighted by atomic mass is 10.1. The van der Waals surface area contributed by atoms with Crippen LogP contribution in [0.2, 0.25) is 0 Å². The molecule has 1 unspecified atom stereocenters. The average Bonchev–Trinajstić information content (AvgIpc) is 3.11. The van der Waals surface area contributed by atoms with E-state index in [1.165, 1.54) is 9.87 Å². The van der Waals surface area contributed by atoms with E-state index in [0.717, 1.165) is 12.1 Å². The molecule has 2 aliphatic rings. The molecule has 8 heteroatoms. The standard InChI is InChI=1S/C18H28N4O3S/c1-15-3-2-4-17(11-15)20-7-9-22(10-8-20)26(24,25)14-18(23)21-6-5-16(12-19)13-21/h2-4,11,16H,5-10,12-14,19H2,1H3. The van der Waals surface area contributed by atoms with Crippen molar-refractivity contribution in [3.05, 3.63) is 29.8 Å². The molecule has 1 aromatic rings. The molecule has 0 radical (unpaired) electrons. The summed E-state index contributed by atoms with van der Waals surface area (Å²) < 4.78 is 26.7. The van der Waals surface area contributed by atoms with Crippen molar-refractivity contribution < 1.29 is 13.2 Å². The van der Waals surface area contributed by atoms with Gasteiger partial charge in [-0.25, -0.2) is 8.42 Å². The van der Waals surface area contributed by atoms with Crippen LogP contribution in [0.1, 0.15) is 12.0 Å². The summed E-state index contributed by atoms with van der Waals surface area (Å²) in [5.74, 6) is -0.448. The average molecular weight is 381 g/mol. The van der Waals surface area contributed by atoms with Gasteiger partial charge in [0.1, 0.15) is 5.75 Å². The van der Waals surface area contributed by atoms with Gasteiger partial charge in [-0.2, -0.15) is 4.31 Å². The van der Waals surface area contributed by atoms with Crippen LogP contribution in [0.3, 0.4) is 0 Å². The smallest absolute Gasteiger partial charge is 0.239 e. The third kappa shape index (κ3) is 4.36. The molecule has 0 spiro atoms. The van der Waals surface area contributed by atoms with Crippen molar-refractivity contribution in [1.82, 2.24) is 9.21 Å². The Bertz CT molecular complexity index is 745. The van der Waals surface area contributed by atoms with E-state index in [1.807, 2.05) is 25.1 Å². The van der Waals surface area contributed by atoms with Gasteiger partial charge in [0.25, 0.3) is 0 Å². The molecule has 2 aliphatic heterocycles. The summed E-state index contributed by atoms with van der Waals surface area (Å²) in [5.41, 5.74) is 7.94. The Labute approximate surface area is 155 Å². The largest absolute Gasteiger partial charge is 0.369 e. The molecular weight excluding hydrogens is 352 g/mol. The maximum Gasteiger partial charge on any atom is 0.239 e. The first-order valence-electron chi connectivity index (χ1n) is 9.16. The summed E-state index contributed by atoms with van der Waals surface area (Å²) in [6, 6.07) is 8.21. The summed E-state index contributed by atoms with van der Waals surface area (Å²) in [6.07, 6.45) is 0.859. The third-order valence-electron chi connectivity index (χ3n) is 5.28. The summed E-state index contributed by atoms with van der Waals surface area (Å²) in [5, 5.41) is 0. The molecule has 1 amide bonds. The third-order valence-corrected chi connectivity index (χ3v) is 7.04. The predicted molar refractivity (Wildman–Crippen MR) is 102 cm³/mol. The molecule has 1 atom stereocenters. The maximum atomic E-state index is 12.6. The number of sulfonamides is 1. The van der Waals surface area contributed by atoms with Crippen LogP contribution in [0, 0.1) is 12.8 Å². The Hall–Kier alpha value is -1.64. The highest BCUT2D eigenvalue weighted by atomic mass is 32.2. The van der Waals surface area contributed by atoms with Gasteiger partial charge in [0, 0.05) is 45.0 Å². The van der Waals surface area contributed by atoms with E-state index in [4.69, 9.17) is 5.73 Å². The van der Waals surface area contributed by atoms with Crippen molar-refractivity contribution in [3.63, 3.8) is 0 Å². The molecule has 2 saturated heterocycles. The highest BCUT2D eigenvalue weighted by molar-refractivity contribution is 7.89. The summed E-state index contributed by atoms with van der Waals surface area (Å²) >= 11 is 0. The summed E-state index contributed by atoms with van der Waals surface area (Å²) in [6.45, 7) is 5.86. The number of piperazine rings is 1. The monoisotopic (exact) mass is 380 g/mol. The number of carbonyl (C=O) groups excluding carboxylic acids is 1. The van der Waals surface area contributed by atoms with Gasteiger partial charge in [-0.15, -0.1) is 0 Å². The van der Waals surface area contributed by atoms with Gasteiger partial charge in [0.05, 0.1) is 0 Å².